The molecule has 1 saturated carbocycles. The van der Waals surface area contributed by atoms with Gasteiger partial charge in [0.1, 0.15) is 11.3 Å². The molecule has 1 amide bonds. The summed E-state index contributed by atoms with van der Waals surface area (Å²) in [4.78, 5) is 25.5. The van der Waals surface area contributed by atoms with Crippen molar-refractivity contribution >= 4 is 28.7 Å². The lowest BCUT2D eigenvalue weighted by molar-refractivity contribution is -0.118. The number of carbonyl (C=O) groups is 2. The highest BCUT2D eigenvalue weighted by atomic mass is 32.1. The lowest BCUT2D eigenvalue weighted by Gasteiger charge is -2.19. The average molecular weight is 377 g/mol. The molecule has 136 valence electrons. The van der Waals surface area contributed by atoms with Crippen LogP contribution in [0.25, 0.3) is 10.6 Å². The minimum Gasteiger partial charge on any atom is -0.298 e. The maximum Gasteiger partial charge on any atom is 0.233 e. The summed E-state index contributed by atoms with van der Waals surface area (Å²) in [6.45, 7) is 0.699. The van der Waals surface area contributed by atoms with Gasteiger partial charge in [0.05, 0.1) is 6.42 Å². The Labute approximate surface area is 161 Å². The van der Waals surface area contributed by atoms with Crippen molar-refractivity contribution in [2.45, 2.75) is 19.3 Å². The van der Waals surface area contributed by atoms with Crippen LogP contribution in [0.15, 0.2) is 54.6 Å². The Hall–Kier alpha value is -2.86. The first-order chi connectivity index (χ1) is 13.2. The number of anilines is 1. The van der Waals surface area contributed by atoms with Gasteiger partial charge in [-0.15, -0.1) is 10.2 Å². The third kappa shape index (κ3) is 4.28. The molecule has 1 aliphatic carbocycles. The van der Waals surface area contributed by atoms with E-state index in [-0.39, 0.29) is 5.91 Å². The molecule has 0 aliphatic heterocycles. The predicted molar refractivity (Wildman–Crippen MR) is 106 cm³/mol. The highest BCUT2D eigenvalue weighted by Crippen LogP contribution is 2.34. The number of aldehydes is 1. The number of nitrogens with zero attached hydrogens (tertiary/aromatic N) is 3. The van der Waals surface area contributed by atoms with E-state index in [9.17, 15) is 9.59 Å². The molecule has 0 unspecified atom stereocenters. The van der Waals surface area contributed by atoms with Gasteiger partial charge in [-0.1, -0.05) is 65.9 Å². The SMILES string of the molecule is O=Cc1ccc(-c2nnc(N(CC3CC3)C(=O)Cc3ccccc3)s2)cc1. The second-order valence-corrected chi connectivity index (χ2v) is 7.70. The van der Waals surface area contributed by atoms with Gasteiger partial charge in [0, 0.05) is 17.7 Å². The topological polar surface area (TPSA) is 63.2 Å². The van der Waals surface area contributed by atoms with Gasteiger partial charge in [-0.25, -0.2) is 0 Å². The van der Waals surface area contributed by atoms with Gasteiger partial charge in [0.15, 0.2) is 0 Å². The fraction of sp³-hybridized carbons (Fsp3) is 0.238. The average Bonchev–Trinajstić information content (AvgIpc) is 3.41. The first-order valence-electron chi connectivity index (χ1n) is 8.96. The largest absolute Gasteiger partial charge is 0.298 e. The van der Waals surface area contributed by atoms with E-state index in [2.05, 4.69) is 10.2 Å². The zero-order chi connectivity index (χ0) is 18.6. The van der Waals surface area contributed by atoms with Crippen molar-refractivity contribution in [3.05, 3.63) is 65.7 Å². The molecule has 1 fully saturated rings. The van der Waals surface area contributed by atoms with Gasteiger partial charge < -0.3 is 0 Å². The summed E-state index contributed by atoms with van der Waals surface area (Å²) < 4.78 is 0. The van der Waals surface area contributed by atoms with Crippen LogP contribution in [0, 0.1) is 5.92 Å². The fourth-order valence-corrected chi connectivity index (χ4v) is 3.73. The Kier molecular flexibility index (Phi) is 5.07. The van der Waals surface area contributed by atoms with Crippen LogP contribution in [0.3, 0.4) is 0 Å². The van der Waals surface area contributed by atoms with Crippen LogP contribution in [0.5, 0.6) is 0 Å². The van der Waals surface area contributed by atoms with Crippen molar-refractivity contribution in [1.29, 1.82) is 0 Å². The fourth-order valence-electron chi connectivity index (χ4n) is 2.86. The first kappa shape index (κ1) is 17.5. The summed E-state index contributed by atoms with van der Waals surface area (Å²) in [5, 5.41) is 9.93. The Bertz CT molecular complexity index is 934. The molecule has 1 aromatic heterocycles. The molecule has 6 heteroatoms. The van der Waals surface area contributed by atoms with Crippen LogP contribution in [0.2, 0.25) is 0 Å². The smallest absolute Gasteiger partial charge is 0.233 e. The Morgan fingerprint density at radius 1 is 1.07 bits per heavy atom. The molecule has 0 radical (unpaired) electrons. The Morgan fingerprint density at radius 2 is 1.81 bits per heavy atom. The van der Waals surface area contributed by atoms with E-state index in [0.717, 1.165) is 35.3 Å². The Morgan fingerprint density at radius 3 is 2.48 bits per heavy atom. The number of hydrogen-bond donors (Lipinski definition) is 0. The van der Waals surface area contributed by atoms with Crippen molar-refractivity contribution in [1.82, 2.24) is 10.2 Å². The number of hydrogen-bond acceptors (Lipinski definition) is 5. The minimum atomic E-state index is 0.0482. The van der Waals surface area contributed by atoms with Crippen LogP contribution in [-0.2, 0) is 11.2 Å². The quantitative estimate of drug-likeness (QED) is 0.584. The van der Waals surface area contributed by atoms with E-state index >= 15 is 0 Å². The van der Waals surface area contributed by atoms with Crippen LogP contribution in [-0.4, -0.2) is 28.9 Å². The normalized spacial score (nSPS) is 13.3. The highest BCUT2D eigenvalue weighted by molar-refractivity contribution is 7.18. The lowest BCUT2D eigenvalue weighted by Crippen LogP contribution is -2.34. The molecule has 0 atom stereocenters. The molecular weight excluding hydrogens is 358 g/mol. The van der Waals surface area contributed by atoms with Crippen molar-refractivity contribution in [2.24, 2.45) is 5.92 Å². The van der Waals surface area contributed by atoms with E-state index < -0.39 is 0 Å². The number of aromatic nitrogens is 2. The van der Waals surface area contributed by atoms with E-state index in [1.807, 2.05) is 42.5 Å². The highest BCUT2D eigenvalue weighted by Gasteiger charge is 2.29. The van der Waals surface area contributed by atoms with Gasteiger partial charge in [-0.3, -0.25) is 14.5 Å². The molecule has 4 rings (SSSR count). The van der Waals surface area contributed by atoms with Crippen LogP contribution in [0.1, 0.15) is 28.8 Å². The molecule has 27 heavy (non-hydrogen) atoms. The molecule has 3 aromatic rings. The Balaban J connectivity index is 1.56. The first-order valence-corrected chi connectivity index (χ1v) is 9.78. The van der Waals surface area contributed by atoms with Crippen molar-refractivity contribution in [3.63, 3.8) is 0 Å². The number of rotatable bonds is 7. The second-order valence-electron chi connectivity index (χ2n) is 6.74. The summed E-state index contributed by atoms with van der Waals surface area (Å²) in [5.41, 5.74) is 2.51. The maximum atomic E-state index is 12.9. The summed E-state index contributed by atoms with van der Waals surface area (Å²) in [7, 11) is 0. The maximum absolute atomic E-state index is 12.9. The third-order valence-corrected chi connectivity index (χ3v) is 5.57. The van der Waals surface area contributed by atoms with Crippen molar-refractivity contribution in [2.75, 3.05) is 11.4 Å². The number of carbonyl (C=O) groups excluding carboxylic acids is 2. The lowest BCUT2D eigenvalue weighted by atomic mass is 10.1. The monoisotopic (exact) mass is 377 g/mol. The van der Waals surface area contributed by atoms with E-state index in [1.165, 1.54) is 11.3 Å². The number of amides is 1. The van der Waals surface area contributed by atoms with E-state index in [4.69, 9.17) is 0 Å². The molecule has 0 saturated heterocycles. The summed E-state index contributed by atoms with van der Waals surface area (Å²) in [6, 6.07) is 17.0. The summed E-state index contributed by atoms with van der Waals surface area (Å²) >= 11 is 1.41. The van der Waals surface area contributed by atoms with Gasteiger partial charge in [0.2, 0.25) is 11.0 Å². The van der Waals surface area contributed by atoms with Gasteiger partial charge in [0.25, 0.3) is 0 Å². The van der Waals surface area contributed by atoms with E-state index in [1.54, 1.807) is 17.0 Å². The zero-order valence-electron chi connectivity index (χ0n) is 14.7. The van der Waals surface area contributed by atoms with Gasteiger partial charge in [-0.05, 0) is 24.3 Å². The second kappa shape index (κ2) is 7.80. The van der Waals surface area contributed by atoms with Crippen LogP contribution >= 0.6 is 11.3 Å². The standard InChI is InChI=1S/C21H19N3O2S/c25-14-17-8-10-18(11-9-17)20-22-23-21(27-20)24(13-16-6-7-16)19(26)12-15-4-2-1-3-5-15/h1-5,8-11,14,16H,6-7,12-13H2. The van der Waals surface area contributed by atoms with Gasteiger partial charge in [-0.2, -0.15) is 0 Å². The summed E-state index contributed by atoms with van der Waals surface area (Å²) in [6.07, 6.45) is 3.49. The molecule has 0 N–H and O–H groups in total. The minimum absolute atomic E-state index is 0.0482. The molecule has 1 aliphatic rings. The van der Waals surface area contributed by atoms with E-state index in [0.29, 0.717) is 29.6 Å². The number of benzene rings is 2. The zero-order valence-corrected chi connectivity index (χ0v) is 15.6. The van der Waals surface area contributed by atoms with Crippen molar-refractivity contribution < 1.29 is 9.59 Å². The molecular formula is C21H19N3O2S. The molecule has 1 heterocycles. The van der Waals surface area contributed by atoms with Gasteiger partial charge >= 0.3 is 0 Å². The molecule has 5 nitrogen and oxygen atoms in total. The molecule has 2 aromatic carbocycles. The predicted octanol–water partition coefficient (Wildman–Crippen LogP) is 4.00. The van der Waals surface area contributed by atoms with Crippen LogP contribution in [0.4, 0.5) is 5.13 Å². The summed E-state index contributed by atoms with van der Waals surface area (Å²) in [5.74, 6) is 0.607. The molecule has 0 spiro atoms. The van der Waals surface area contributed by atoms with Crippen LogP contribution < -0.4 is 4.90 Å². The third-order valence-electron chi connectivity index (χ3n) is 4.58. The van der Waals surface area contributed by atoms with Crippen molar-refractivity contribution in [3.8, 4) is 10.6 Å². The molecule has 0 bridgehead atoms.